The molecule has 0 aromatic heterocycles. The zero-order valence-electron chi connectivity index (χ0n) is 13.6. The topological polar surface area (TPSA) is 39.7 Å². The summed E-state index contributed by atoms with van der Waals surface area (Å²) in [6, 6.07) is 8.99. The maximum absolute atomic E-state index is 5.68. The number of benzene rings is 1. The van der Waals surface area contributed by atoms with Gasteiger partial charge in [0.1, 0.15) is 0 Å². The second-order valence-corrected chi connectivity index (χ2v) is 5.29. The number of hydrogen-bond acceptors (Lipinski definition) is 4. The first kappa shape index (κ1) is 18.1. The largest absolute Gasteiger partial charge is 0.382 e. The lowest BCUT2D eigenvalue weighted by Crippen LogP contribution is -2.25. The van der Waals surface area contributed by atoms with Crippen molar-refractivity contribution >= 4 is 0 Å². The number of methoxy groups -OCH3 is 1. The first-order valence-corrected chi connectivity index (χ1v) is 7.68. The predicted molar refractivity (Wildman–Crippen MR) is 85.6 cm³/mol. The minimum Gasteiger partial charge on any atom is -0.382 e. The smallest absolute Gasteiger partial charge is 0.0720 e. The molecule has 120 valence electrons. The number of nitrogens with one attached hydrogen (secondary N) is 1. The minimum absolute atomic E-state index is 0.526. The second-order valence-electron chi connectivity index (χ2n) is 5.29. The molecule has 0 spiro atoms. The van der Waals surface area contributed by atoms with Crippen molar-refractivity contribution in [1.82, 2.24) is 5.32 Å². The van der Waals surface area contributed by atoms with E-state index in [9.17, 15) is 0 Å². The fraction of sp³-hybridized carbons (Fsp3) is 0.647. The van der Waals surface area contributed by atoms with Gasteiger partial charge in [-0.2, -0.15) is 0 Å². The van der Waals surface area contributed by atoms with Crippen LogP contribution >= 0.6 is 0 Å². The lowest BCUT2D eigenvalue weighted by Gasteiger charge is -2.12. The summed E-state index contributed by atoms with van der Waals surface area (Å²) in [5.41, 5.74) is 2.62. The highest BCUT2D eigenvalue weighted by molar-refractivity contribution is 5.26. The summed E-state index contributed by atoms with van der Waals surface area (Å²) in [7, 11) is 1.67. The van der Waals surface area contributed by atoms with E-state index in [1.165, 1.54) is 11.1 Å². The van der Waals surface area contributed by atoms with Crippen molar-refractivity contribution < 1.29 is 14.2 Å². The maximum atomic E-state index is 5.68. The minimum atomic E-state index is 0.526. The Hall–Kier alpha value is -0.940. The molecule has 0 amide bonds. The summed E-state index contributed by atoms with van der Waals surface area (Å²) in [6.45, 7) is 8.45. The summed E-state index contributed by atoms with van der Waals surface area (Å²) in [5.74, 6) is 0. The van der Waals surface area contributed by atoms with Gasteiger partial charge in [-0.15, -0.1) is 0 Å². The van der Waals surface area contributed by atoms with Gasteiger partial charge < -0.3 is 19.5 Å². The molecule has 0 saturated heterocycles. The molecule has 0 unspecified atom stereocenters. The van der Waals surface area contributed by atoms with E-state index in [1.807, 2.05) is 0 Å². The Kier molecular flexibility index (Phi) is 10.1. The van der Waals surface area contributed by atoms with E-state index < -0.39 is 0 Å². The maximum Gasteiger partial charge on any atom is 0.0720 e. The number of ether oxygens (including phenoxy) is 3. The van der Waals surface area contributed by atoms with Crippen molar-refractivity contribution in [2.75, 3.05) is 40.1 Å². The van der Waals surface area contributed by atoms with Gasteiger partial charge in [0.25, 0.3) is 0 Å². The molecule has 4 nitrogen and oxygen atoms in total. The molecule has 0 saturated carbocycles. The van der Waals surface area contributed by atoms with Crippen LogP contribution in [0.1, 0.15) is 25.0 Å². The fourth-order valence-corrected chi connectivity index (χ4v) is 1.98. The molecular weight excluding hydrogens is 266 g/mol. The zero-order valence-corrected chi connectivity index (χ0v) is 13.6. The SMILES string of the molecule is COCCOCCOCc1ccccc1CCNC(C)C. The molecule has 1 rings (SSSR count). The summed E-state index contributed by atoms with van der Waals surface area (Å²) in [5, 5.41) is 3.44. The molecular formula is C17H29NO3. The van der Waals surface area contributed by atoms with Crippen LogP contribution in [0.4, 0.5) is 0 Å². The number of hydrogen-bond donors (Lipinski definition) is 1. The summed E-state index contributed by atoms with van der Waals surface area (Å²) >= 11 is 0. The monoisotopic (exact) mass is 295 g/mol. The van der Waals surface area contributed by atoms with E-state index in [-0.39, 0.29) is 0 Å². The molecule has 1 aromatic rings. The molecule has 0 atom stereocenters. The Morgan fingerprint density at radius 2 is 1.62 bits per heavy atom. The fourth-order valence-electron chi connectivity index (χ4n) is 1.98. The summed E-state index contributed by atoms with van der Waals surface area (Å²) < 4.78 is 16.0. The van der Waals surface area contributed by atoms with Gasteiger partial charge in [0.15, 0.2) is 0 Å². The highest BCUT2D eigenvalue weighted by Gasteiger charge is 2.02. The molecule has 0 heterocycles. The lowest BCUT2D eigenvalue weighted by molar-refractivity contribution is 0.0198. The standard InChI is InChI=1S/C17H29NO3/c1-15(2)18-9-8-16-6-4-5-7-17(16)14-21-13-12-20-11-10-19-3/h4-7,15,18H,8-14H2,1-3H3. The normalized spacial score (nSPS) is 11.2. The molecule has 0 aliphatic carbocycles. The molecule has 0 aliphatic rings. The van der Waals surface area contributed by atoms with Crippen LogP contribution in [0, 0.1) is 0 Å². The molecule has 0 aliphatic heterocycles. The highest BCUT2D eigenvalue weighted by Crippen LogP contribution is 2.10. The van der Waals surface area contributed by atoms with E-state index in [1.54, 1.807) is 7.11 Å². The van der Waals surface area contributed by atoms with Gasteiger partial charge >= 0.3 is 0 Å². The van der Waals surface area contributed by atoms with Gasteiger partial charge in [0.2, 0.25) is 0 Å². The average Bonchev–Trinajstić information content (AvgIpc) is 2.47. The van der Waals surface area contributed by atoms with E-state index in [2.05, 4.69) is 43.4 Å². The van der Waals surface area contributed by atoms with E-state index in [4.69, 9.17) is 14.2 Å². The van der Waals surface area contributed by atoms with Gasteiger partial charge in [-0.25, -0.2) is 0 Å². The van der Waals surface area contributed by atoms with E-state index in [0.29, 0.717) is 39.1 Å². The van der Waals surface area contributed by atoms with Gasteiger partial charge in [0, 0.05) is 13.2 Å². The van der Waals surface area contributed by atoms with Crippen LogP contribution < -0.4 is 5.32 Å². The van der Waals surface area contributed by atoms with Crippen molar-refractivity contribution in [3.05, 3.63) is 35.4 Å². The van der Waals surface area contributed by atoms with Crippen molar-refractivity contribution in [3.63, 3.8) is 0 Å². The Labute approximate surface area is 128 Å². The van der Waals surface area contributed by atoms with E-state index >= 15 is 0 Å². The Balaban J connectivity index is 2.24. The predicted octanol–water partition coefficient (Wildman–Crippen LogP) is 2.41. The first-order valence-electron chi connectivity index (χ1n) is 7.68. The van der Waals surface area contributed by atoms with Crippen LogP contribution in [0.3, 0.4) is 0 Å². The third kappa shape index (κ3) is 8.83. The molecule has 1 aromatic carbocycles. The Morgan fingerprint density at radius 3 is 2.33 bits per heavy atom. The van der Waals surface area contributed by atoms with Crippen molar-refractivity contribution in [3.8, 4) is 0 Å². The van der Waals surface area contributed by atoms with Crippen LogP contribution in [-0.2, 0) is 27.2 Å². The molecule has 4 heteroatoms. The van der Waals surface area contributed by atoms with Crippen LogP contribution in [0.25, 0.3) is 0 Å². The molecule has 21 heavy (non-hydrogen) atoms. The van der Waals surface area contributed by atoms with Crippen LogP contribution in [0.2, 0.25) is 0 Å². The third-order valence-corrected chi connectivity index (χ3v) is 3.13. The average molecular weight is 295 g/mol. The summed E-state index contributed by atoms with van der Waals surface area (Å²) in [4.78, 5) is 0. The molecule has 0 bridgehead atoms. The van der Waals surface area contributed by atoms with E-state index in [0.717, 1.165) is 13.0 Å². The second kappa shape index (κ2) is 11.7. The Morgan fingerprint density at radius 1 is 0.952 bits per heavy atom. The quantitative estimate of drug-likeness (QED) is 0.601. The van der Waals surface area contributed by atoms with Crippen molar-refractivity contribution in [2.45, 2.75) is 32.9 Å². The van der Waals surface area contributed by atoms with Crippen molar-refractivity contribution in [2.24, 2.45) is 0 Å². The van der Waals surface area contributed by atoms with Crippen molar-refractivity contribution in [1.29, 1.82) is 0 Å². The molecule has 0 radical (unpaired) electrons. The Bertz CT molecular complexity index is 369. The molecule has 1 N–H and O–H groups in total. The van der Waals surface area contributed by atoms with Crippen LogP contribution in [0.5, 0.6) is 0 Å². The third-order valence-electron chi connectivity index (χ3n) is 3.13. The van der Waals surface area contributed by atoms with Crippen LogP contribution in [-0.4, -0.2) is 46.1 Å². The zero-order chi connectivity index (χ0) is 15.3. The lowest BCUT2D eigenvalue weighted by atomic mass is 10.1. The van der Waals surface area contributed by atoms with Gasteiger partial charge in [-0.05, 0) is 24.1 Å². The van der Waals surface area contributed by atoms with Gasteiger partial charge in [0.05, 0.1) is 33.0 Å². The highest BCUT2D eigenvalue weighted by atomic mass is 16.5. The first-order chi connectivity index (χ1) is 10.2. The van der Waals surface area contributed by atoms with Gasteiger partial charge in [-0.3, -0.25) is 0 Å². The van der Waals surface area contributed by atoms with Crippen LogP contribution in [0.15, 0.2) is 24.3 Å². The summed E-state index contributed by atoms with van der Waals surface area (Å²) in [6.07, 6.45) is 1.03. The van der Waals surface area contributed by atoms with Gasteiger partial charge in [-0.1, -0.05) is 38.1 Å². The number of rotatable bonds is 12. The molecule has 0 fully saturated rings.